The molecule has 0 unspecified atom stereocenters. The molecule has 0 atom stereocenters. The molecule has 39 heavy (non-hydrogen) atoms. The molecular formula is C25H27F3N5O5P. The number of methoxy groups -OCH3 is 1. The normalized spacial score (nSPS) is 14.2. The van der Waals surface area contributed by atoms with Crippen LogP contribution >= 0.6 is 7.14 Å². The molecule has 0 amide bonds. The van der Waals surface area contributed by atoms with Crippen LogP contribution in [0.4, 0.5) is 42.0 Å². The Morgan fingerprint density at radius 1 is 1.10 bits per heavy atom. The van der Waals surface area contributed by atoms with Crippen LogP contribution in [-0.2, 0) is 15.5 Å². The van der Waals surface area contributed by atoms with E-state index in [1.165, 1.54) is 25.3 Å². The number of anilines is 5. The molecule has 4 rings (SSSR count). The first-order valence-corrected chi connectivity index (χ1v) is 14.4. The third kappa shape index (κ3) is 6.61. The summed E-state index contributed by atoms with van der Waals surface area (Å²) in [6, 6.07) is 9.01. The summed E-state index contributed by atoms with van der Waals surface area (Å²) in [5.74, 6) is -1.78. The van der Waals surface area contributed by atoms with E-state index in [4.69, 9.17) is 9.47 Å². The van der Waals surface area contributed by atoms with Crippen LogP contribution in [0.3, 0.4) is 0 Å². The number of nitrogens with zero attached hydrogens (tertiary/aromatic N) is 3. The van der Waals surface area contributed by atoms with Gasteiger partial charge in [-0.3, -0.25) is 0 Å². The van der Waals surface area contributed by atoms with Gasteiger partial charge in [0, 0.05) is 30.3 Å². The molecule has 1 aliphatic rings. The molecular weight excluding hydrogens is 538 g/mol. The summed E-state index contributed by atoms with van der Waals surface area (Å²) in [7, 11) is -1.62. The van der Waals surface area contributed by atoms with Crippen LogP contribution in [0.2, 0.25) is 0 Å². The summed E-state index contributed by atoms with van der Waals surface area (Å²) in [6.45, 7) is 5.45. The summed E-state index contributed by atoms with van der Waals surface area (Å²) in [5.41, 5.74) is 0.103. The van der Waals surface area contributed by atoms with Gasteiger partial charge in [-0.1, -0.05) is 0 Å². The number of hydrogen-bond acceptors (Lipinski definition) is 9. The molecule has 1 saturated heterocycles. The Morgan fingerprint density at radius 2 is 1.79 bits per heavy atom. The predicted molar refractivity (Wildman–Crippen MR) is 142 cm³/mol. The van der Waals surface area contributed by atoms with Crippen molar-refractivity contribution in [3.63, 3.8) is 0 Å². The van der Waals surface area contributed by atoms with Gasteiger partial charge in [0.2, 0.25) is 5.95 Å². The predicted octanol–water partition coefficient (Wildman–Crippen LogP) is 4.77. The maximum atomic E-state index is 13.9. The lowest BCUT2D eigenvalue weighted by Crippen LogP contribution is -2.36. The number of carbonyl (C=O) groups is 1. The number of alkyl halides is 3. The highest BCUT2D eigenvalue weighted by Gasteiger charge is 2.36. The lowest BCUT2D eigenvalue weighted by molar-refractivity contribution is -0.137. The minimum Gasteiger partial charge on any atom is -0.495 e. The van der Waals surface area contributed by atoms with Gasteiger partial charge in [-0.15, -0.1) is 0 Å². The van der Waals surface area contributed by atoms with Gasteiger partial charge in [0.25, 0.3) is 0 Å². The lowest BCUT2D eigenvalue weighted by atomic mass is 10.2. The first kappa shape index (κ1) is 28.2. The monoisotopic (exact) mass is 565 g/mol. The largest absolute Gasteiger partial charge is 0.495 e. The van der Waals surface area contributed by atoms with E-state index in [2.05, 4.69) is 25.5 Å². The Morgan fingerprint density at radius 3 is 2.41 bits per heavy atom. The van der Waals surface area contributed by atoms with Gasteiger partial charge in [-0.25, -0.2) is 9.78 Å². The Bertz CT molecular complexity index is 1420. The minimum absolute atomic E-state index is 0.0373. The fourth-order valence-corrected chi connectivity index (χ4v) is 5.16. The van der Waals surface area contributed by atoms with Crippen LogP contribution < -0.4 is 25.6 Å². The molecule has 0 radical (unpaired) electrons. The van der Waals surface area contributed by atoms with Crippen LogP contribution in [0, 0.1) is 0 Å². The number of carboxylic acid groups (broad SMARTS) is 1. The lowest BCUT2D eigenvalue weighted by Gasteiger charge is -2.30. The molecule has 0 spiro atoms. The van der Waals surface area contributed by atoms with E-state index in [9.17, 15) is 27.6 Å². The van der Waals surface area contributed by atoms with E-state index >= 15 is 0 Å². The molecule has 1 aliphatic heterocycles. The van der Waals surface area contributed by atoms with Gasteiger partial charge < -0.3 is 34.7 Å². The van der Waals surface area contributed by atoms with Gasteiger partial charge in [0.15, 0.2) is 0 Å². The summed E-state index contributed by atoms with van der Waals surface area (Å²) in [4.78, 5) is 21.2. The van der Waals surface area contributed by atoms with E-state index in [1.807, 2.05) is 0 Å². The average Bonchev–Trinajstić information content (AvgIpc) is 2.88. The second kappa shape index (κ2) is 11.1. The molecule has 1 fully saturated rings. The zero-order valence-corrected chi connectivity index (χ0v) is 22.3. The van der Waals surface area contributed by atoms with Crippen molar-refractivity contribution >= 4 is 47.2 Å². The van der Waals surface area contributed by atoms with Crippen molar-refractivity contribution in [2.45, 2.75) is 6.18 Å². The molecule has 208 valence electrons. The highest BCUT2D eigenvalue weighted by molar-refractivity contribution is 7.70. The van der Waals surface area contributed by atoms with Crippen LogP contribution in [0.15, 0.2) is 42.6 Å². The van der Waals surface area contributed by atoms with Crippen LogP contribution in [-0.4, -0.2) is 67.8 Å². The molecule has 0 bridgehead atoms. The fourth-order valence-electron chi connectivity index (χ4n) is 4.01. The van der Waals surface area contributed by atoms with Crippen molar-refractivity contribution in [2.75, 3.05) is 62.3 Å². The number of carboxylic acids is 1. The molecule has 3 aromatic rings. The number of nitrogens with one attached hydrogen (secondary N) is 2. The van der Waals surface area contributed by atoms with Gasteiger partial charge in [-0.05, 0) is 49.7 Å². The minimum atomic E-state index is -4.78. The number of hydrogen-bond donors (Lipinski definition) is 3. The van der Waals surface area contributed by atoms with Crippen LogP contribution in [0.5, 0.6) is 5.75 Å². The molecule has 10 nitrogen and oxygen atoms in total. The van der Waals surface area contributed by atoms with Crippen molar-refractivity contribution in [2.24, 2.45) is 0 Å². The Balaban J connectivity index is 1.72. The van der Waals surface area contributed by atoms with Gasteiger partial charge >= 0.3 is 12.1 Å². The molecule has 0 aliphatic carbocycles. The topological polar surface area (TPSA) is 126 Å². The highest BCUT2D eigenvalue weighted by atomic mass is 31.2. The SMILES string of the molecule is COc1cc(C(=O)O)ccc1Nc1ncc(C(F)(F)F)c(Nc2ccc(N3CCOCC3)cc2P(C)(C)=O)n1. The number of ether oxygens (including phenoxy) is 2. The maximum absolute atomic E-state index is 13.9. The summed E-state index contributed by atoms with van der Waals surface area (Å²) in [5, 5.41) is 15.1. The molecule has 2 heterocycles. The number of morpholine rings is 1. The molecule has 2 aromatic carbocycles. The quantitative estimate of drug-likeness (QED) is 0.329. The average molecular weight is 565 g/mol. The maximum Gasteiger partial charge on any atom is 0.421 e. The summed E-state index contributed by atoms with van der Waals surface area (Å²) >= 11 is 0. The third-order valence-electron chi connectivity index (χ3n) is 5.98. The van der Waals surface area contributed by atoms with Crippen molar-refractivity contribution < 1.29 is 37.1 Å². The van der Waals surface area contributed by atoms with Crippen molar-refractivity contribution in [3.8, 4) is 5.75 Å². The number of halogens is 3. The van der Waals surface area contributed by atoms with Gasteiger partial charge in [0.1, 0.15) is 24.3 Å². The zero-order valence-electron chi connectivity index (χ0n) is 21.4. The first-order chi connectivity index (χ1) is 18.4. The van der Waals surface area contributed by atoms with E-state index in [0.29, 0.717) is 37.8 Å². The number of rotatable bonds is 8. The summed E-state index contributed by atoms with van der Waals surface area (Å²) < 4.78 is 65.5. The second-order valence-corrected chi connectivity index (χ2v) is 12.3. The van der Waals surface area contributed by atoms with E-state index in [-0.39, 0.29) is 28.6 Å². The summed E-state index contributed by atoms with van der Waals surface area (Å²) in [6.07, 6.45) is -4.15. The Labute approximate surface area is 222 Å². The van der Waals surface area contributed by atoms with E-state index in [0.717, 1.165) is 5.69 Å². The van der Waals surface area contributed by atoms with E-state index < -0.39 is 30.7 Å². The van der Waals surface area contributed by atoms with Gasteiger partial charge in [0.05, 0.1) is 37.3 Å². The Kier molecular flexibility index (Phi) is 8.03. The van der Waals surface area contributed by atoms with Crippen LogP contribution in [0.1, 0.15) is 15.9 Å². The van der Waals surface area contributed by atoms with Gasteiger partial charge in [-0.2, -0.15) is 18.2 Å². The number of aromatic carboxylic acids is 1. The number of benzene rings is 2. The zero-order chi connectivity index (χ0) is 28.4. The van der Waals surface area contributed by atoms with E-state index in [1.54, 1.807) is 31.5 Å². The molecule has 14 heteroatoms. The second-order valence-electron chi connectivity index (χ2n) is 9.08. The highest BCUT2D eigenvalue weighted by Crippen LogP contribution is 2.41. The molecule has 1 aromatic heterocycles. The first-order valence-electron chi connectivity index (χ1n) is 11.8. The Hall–Kier alpha value is -3.83. The van der Waals surface area contributed by atoms with Crippen molar-refractivity contribution in [1.82, 2.24) is 9.97 Å². The fraction of sp³-hybridized carbons (Fsp3) is 0.320. The van der Waals surface area contributed by atoms with Crippen molar-refractivity contribution in [3.05, 3.63) is 53.7 Å². The van der Waals surface area contributed by atoms with Crippen molar-refractivity contribution in [1.29, 1.82) is 0 Å². The molecule has 0 saturated carbocycles. The third-order valence-corrected chi connectivity index (χ3v) is 7.51. The molecule has 3 N–H and O–H groups in total. The van der Waals surface area contributed by atoms with Crippen LogP contribution in [0.25, 0.3) is 0 Å². The number of aromatic nitrogens is 2. The smallest absolute Gasteiger partial charge is 0.421 e. The standard InChI is InChI=1S/C25H27F3N5O5P/c1-37-20-12-15(23(34)35)4-6-18(20)31-24-29-14-17(25(26,27)28)22(32-24)30-19-7-5-16(13-21(19)39(2,3)36)33-8-10-38-11-9-33/h4-7,12-14H,8-11H2,1-3H3,(H,34,35)(H2,29,30,31,32).